The maximum atomic E-state index is 13.5. The van der Waals surface area contributed by atoms with Gasteiger partial charge in [0.05, 0.1) is 12.6 Å². The summed E-state index contributed by atoms with van der Waals surface area (Å²) >= 11 is 3.37. The molecule has 2 aromatic rings. The van der Waals surface area contributed by atoms with Gasteiger partial charge in [-0.2, -0.15) is 0 Å². The van der Waals surface area contributed by atoms with Crippen LogP contribution in [0.25, 0.3) is 0 Å². The average Bonchev–Trinajstić information content (AvgIpc) is 2.70. The Labute approximate surface area is 184 Å². The summed E-state index contributed by atoms with van der Waals surface area (Å²) < 4.78 is 20.4. The lowest BCUT2D eigenvalue weighted by atomic mass is 10.00. The van der Waals surface area contributed by atoms with Crippen LogP contribution in [0.3, 0.4) is 0 Å². The molecule has 2 heterocycles. The molecule has 30 heavy (non-hydrogen) atoms. The summed E-state index contributed by atoms with van der Waals surface area (Å²) in [5, 5.41) is 9.66. The van der Waals surface area contributed by atoms with Crippen LogP contribution in [0.5, 0.6) is 5.88 Å². The third kappa shape index (κ3) is 5.36. The van der Waals surface area contributed by atoms with Gasteiger partial charge in [0.2, 0.25) is 5.88 Å². The van der Waals surface area contributed by atoms with Crippen LogP contribution >= 0.6 is 15.9 Å². The number of ether oxygens (including phenoxy) is 1. The highest BCUT2D eigenvalue weighted by molar-refractivity contribution is 9.10. The van der Waals surface area contributed by atoms with Crippen LogP contribution in [0.2, 0.25) is 0 Å². The molecule has 1 amide bonds. The van der Waals surface area contributed by atoms with Gasteiger partial charge < -0.3 is 14.7 Å². The highest BCUT2D eigenvalue weighted by Gasteiger charge is 2.34. The standard InChI is InChI=1S/C22H27BrFN3O3/c1-14-10-27(15(2)13-28)22(29)19-8-17(23)9-25-21(19)30-20(14)12-26(3)11-16-5-4-6-18(24)7-16/h4-9,14-15,20,28H,10-13H2,1-3H3/t14-,15-,20+/m0/s1. The summed E-state index contributed by atoms with van der Waals surface area (Å²) in [6, 6.07) is 7.92. The minimum Gasteiger partial charge on any atom is -0.472 e. The van der Waals surface area contributed by atoms with Crippen LogP contribution < -0.4 is 4.74 Å². The Morgan fingerprint density at radius 1 is 1.43 bits per heavy atom. The smallest absolute Gasteiger partial charge is 0.259 e. The largest absolute Gasteiger partial charge is 0.472 e. The highest BCUT2D eigenvalue weighted by atomic mass is 79.9. The second-order valence-corrected chi connectivity index (χ2v) is 8.87. The van der Waals surface area contributed by atoms with Crippen molar-refractivity contribution in [2.75, 3.05) is 26.7 Å². The molecule has 3 rings (SSSR count). The molecule has 1 aromatic heterocycles. The number of likely N-dealkylation sites (N-methyl/N-ethyl adjacent to an activating group) is 1. The fourth-order valence-electron chi connectivity index (χ4n) is 3.61. The molecule has 0 saturated heterocycles. The number of hydrogen-bond acceptors (Lipinski definition) is 5. The van der Waals surface area contributed by atoms with Crippen molar-refractivity contribution in [3.05, 3.63) is 57.9 Å². The van der Waals surface area contributed by atoms with Gasteiger partial charge in [0, 0.05) is 36.2 Å². The number of rotatable bonds is 6. The Kier molecular flexibility index (Phi) is 7.44. The zero-order chi connectivity index (χ0) is 21.8. The van der Waals surface area contributed by atoms with E-state index in [-0.39, 0.29) is 42.3 Å². The highest BCUT2D eigenvalue weighted by Crippen LogP contribution is 2.28. The van der Waals surface area contributed by atoms with Crippen LogP contribution in [0.4, 0.5) is 4.39 Å². The second-order valence-electron chi connectivity index (χ2n) is 7.96. The monoisotopic (exact) mass is 479 g/mol. The first kappa shape index (κ1) is 22.7. The summed E-state index contributed by atoms with van der Waals surface area (Å²) in [5.74, 6) is -0.184. The zero-order valence-electron chi connectivity index (χ0n) is 17.4. The van der Waals surface area contributed by atoms with Crippen LogP contribution in [0.15, 0.2) is 41.0 Å². The Bertz CT molecular complexity index is 898. The molecule has 162 valence electrons. The molecule has 0 bridgehead atoms. The molecule has 8 heteroatoms. The third-order valence-electron chi connectivity index (χ3n) is 5.32. The van der Waals surface area contributed by atoms with E-state index in [1.54, 1.807) is 23.2 Å². The Hall–Kier alpha value is -2.03. The molecule has 3 atom stereocenters. The van der Waals surface area contributed by atoms with Crippen molar-refractivity contribution >= 4 is 21.8 Å². The first-order valence-electron chi connectivity index (χ1n) is 9.95. The number of carbonyl (C=O) groups excluding carboxylic acids is 1. The maximum Gasteiger partial charge on any atom is 0.259 e. The van der Waals surface area contributed by atoms with Gasteiger partial charge in [0.25, 0.3) is 5.91 Å². The van der Waals surface area contributed by atoms with Crippen LogP contribution in [0.1, 0.15) is 29.8 Å². The predicted octanol–water partition coefficient (Wildman–Crippen LogP) is 3.34. The summed E-state index contributed by atoms with van der Waals surface area (Å²) in [6.45, 7) is 5.31. The first-order valence-corrected chi connectivity index (χ1v) is 10.7. The van der Waals surface area contributed by atoms with Crippen molar-refractivity contribution in [3.63, 3.8) is 0 Å². The number of aliphatic hydroxyl groups excluding tert-OH is 1. The van der Waals surface area contributed by atoms with Crippen molar-refractivity contribution in [2.45, 2.75) is 32.5 Å². The minimum atomic E-state index is -0.324. The quantitative estimate of drug-likeness (QED) is 0.688. The maximum absolute atomic E-state index is 13.5. The second kappa shape index (κ2) is 9.85. The van der Waals surface area contributed by atoms with Gasteiger partial charge in [-0.25, -0.2) is 9.37 Å². The van der Waals surface area contributed by atoms with Gasteiger partial charge in [-0.15, -0.1) is 0 Å². The van der Waals surface area contributed by atoms with Crippen molar-refractivity contribution in [1.82, 2.24) is 14.8 Å². The third-order valence-corrected chi connectivity index (χ3v) is 5.75. The van der Waals surface area contributed by atoms with E-state index in [0.29, 0.717) is 29.7 Å². The molecule has 0 aliphatic carbocycles. The fraction of sp³-hybridized carbons (Fsp3) is 0.455. The van der Waals surface area contributed by atoms with Crippen molar-refractivity contribution in [3.8, 4) is 5.88 Å². The molecule has 0 radical (unpaired) electrons. The molecule has 1 aromatic carbocycles. The summed E-state index contributed by atoms with van der Waals surface area (Å²) in [6.07, 6.45) is 1.36. The number of fused-ring (bicyclic) bond motifs is 1. The van der Waals surface area contributed by atoms with E-state index < -0.39 is 0 Å². The van der Waals surface area contributed by atoms with Gasteiger partial charge in [-0.1, -0.05) is 19.1 Å². The zero-order valence-corrected chi connectivity index (χ0v) is 19.0. The molecule has 0 unspecified atom stereocenters. The molecule has 1 aliphatic heterocycles. The van der Waals surface area contributed by atoms with Crippen molar-refractivity contribution in [2.24, 2.45) is 5.92 Å². The molecule has 1 N–H and O–H groups in total. The summed E-state index contributed by atoms with van der Waals surface area (Å²) in [7, 11) is 1.95. The van der Waals surface area contributed by atoms with Crippen molar-refractivity contribution < 1.29 is 19.0 Å². The fourth-order valence-corrected chi connectivity index (χ4v) is 3.94. The SMILES string of the molecule is C[C@H]1CN([C@@H](C)CO)C(=O)c2cc(Br)cnc2O[C@@H]1CN(C)Cc1cccc(F)c1. The van der Waals surface area contributed by atoms with Crippen LogP contribution in [-0.4, -0.2) is 64.7 Å². The number of hydrogen-bond donors (Lipinski definition) is 1. The van der Waals surface area contributed by atoms with E-state index in [2.05, 4.69) is 25.8 Å². The normalized spacial score (nSPS) is 20.4. The van der Waals surface area contributed by atoms with Crippen LogP contribution in [0, 0.1) is 11.7 Å². The topological polar surface area (TPSA) is 65.9 Å². The van der Waals surface area contributed by atoms with Gasteiger partial charge in [-0.3, -0.25) is 9.69 Å². The Morgan fingerprint density at radius 3 is 2.90 bits per heavy atom. The Balaban J connectivity index is 1.85. The van der Waals surface area contributed by atoms with E-state index in [1.807, 2.05) is 27.0 Å². The number of amides is 1. The molecule has 0 fully saturated rings. The molecular weight excluding hydrogens is 453 g/mol. The minimum absolute atomic E-state index is 0.00323. The summed E-state index contributed by atoms with van der Waals surface area (Å²) in [4.78, 5) is 21.2. The first-order chi connectivity index (χ1) is 14.3. The van der Waals surface area contributed by atoms with Gasteiger partial charge in [0.15, 0.2) is 0 Å². The van der Waals surface area contributed by atoms with E-state index in [1.165, 1.54) is 12.1 Å². The van der Waals surface area contributed by atoms with Gasteiger partial charge in [0.1, 0.15) is 17.5 Å². The number of halogens is 2. The van der Waals surface area contributed by atoms with Crippen molar-refractivity contribution in [1.29, 1.82) is 0 Å². The number of carbonyl (C=O) groups is 1. The predicted molar refractivity (Wildman–Crippen MR) is 116 cm³/mol. The molecule has 6 nitrogen and oxygen atoms in total. The lowest BCUT2D eigenvalue weighted by Crippen LogP contribution is -2.49. The molecule has 0 spiro atoms. The number of benzene rings is 1. The summed E-state index contributed by atoms with van der Waals surface area (Å²) in [5.41, 5.74) is 1.25. The number of aliphatic hydroxyl groups is 1. The van der Waals surface area contributed by atoms with E-state index in [0.717, 1.165) is 5.56 Å². The Morgan fingerprint density at radius 2 is 2.20 bits per heavy atom. The lowest BCUT2D eigenvalue weighted by molar-refractivity contribution is 0.0325. The number of pyridine rings is 1. The molecular formula is C22H27BrFN3O3. The van der Waals surface area contributed by atoms with Gasteiger partial charge in [-0.05, 0) is 53.7 Å². The molecule has 0 saturated carbocycles. The number of nitrogens with zero attached hydrogens (tertiary/aromatic N) is 3. The van der Waals surface area contributed by atoms with Crippen LogP contribution in [-0.2, 0) is 6.54 Å². The van der Waals surface area contributed by atoms with E-state index >= 15 is 0 Å². The molecule has 1 aliphatic rings. The van der Waals surface area contributed by atoms with E-state index in [4.69, 9.17) is 4.74 Å². The number of aromatic nitrogens is 1. The lowest BCUT2D eigenvalue weighted by Gasteiger charge is -2.37. The van der Waals surface area contributed by atoms with E-state index in [9.17, 15) is 14.3 Å². The average molecular weight is 480 g/mol. The van der Waals surface area contributed by atoms with Gasteiger partial charge >= 0.3 is 0 Å².